The van der Waals surface area contributed by atoms with E-state index in [9.17, 15) is 9.18 Å². The molecule has 5 heteroatoms. The SMILES string of the molecule is CCCN(CCc1cccc(F)c1)C(=O)C1CCCNC1.Cl. The van der Waals surface area contributed by atoms with Crippen LogP contribution in [-0.2, 0) is 11.2 Å². The van der Waals surface area contributed by atoms with Gasteiger partial charge in [-0.2, -0.15) is 0 Å². The fraction of sp³-hybridized carbons (Fsp3) is 0.588. The molecular formula is C17H26ClFN2O. The Kier molecular flexibility index (Phi) is 8.43. The van der Waals surface area contributed by atoms with Crippen molar-refractivity contribution in [2.24, 2.45) is 5.92 Å². The molecular weight excluding hydrogens is 303 g/mol. The summed E-state index contributed by atoms with van der Waals surface area (Å²) >= 11 is 0. The number of nitrogens with zero attached hydrogens (tertiary/aromatic N) is 1. The Morgan fingerprint density at radius 3 is 2.86 bits per heavy atom. The molecule has 2 rings (SSSR count). The summed E-state index contributed by atoms with van der Waals surface area (Å²) in [6, 6.07) is 6.64. The second-order valence-electron chi connectivity index (χ2n) is 5.75. The van der Waals surface area contributed by atoms with Gasteiger partial charge in [0.05, 0.1) is 5.92 Å². The fourth-order valence-electron chi connectivity index (χ4n) is 2.88. The van der Waals surface area contributed by atoms with Crippen LogP contribution in [0.5, 0.6) is 0 Å². The van der Waals surface area contributed by atoms with Crippen LogP contribution in [0.15, 0.2) is 24.3 Å². The van der Waals surface area contributed by atoms with Gasteiger partial charge in [-0.15, -0.1) is 12.4 Å². The molecule has 0 aromatic heterocycles. The van der Waals surface area contributed by atoms with Crippen LogP contribution >= 0.6 is 12.4 Å². The van der Waals surface area contributed by atoms with Crippen LogP contribution in [0.1, 0.15) is 31.7 Å². The molecule has 1 unspecified atom stereocenters. The molecule has 124 valence electrons. The van der Waals surface area contributed by atoms with Gasteiger partial charge in [0.15, 0.2) is 0 Å². The second-order valence-corrected chi connectivity index (χ2v) is 5.75. The van der Waals surface area contributed by atoms with Crippen LogP contribution in [-0.4, -0.2) is 37.0 Å². The minimum Gasteiger partial charge on any atom is -0.342 e. The van der Waals surface area contributed by atoms with Gasteiger partial charge in [0.25, 0.3) is 0 Å². The average molecular weight is 329 g/mol. The lowest BCUT2D eigenvalue weighted by Crippen LogP contribution is -2.44. The molecule has 22 heavy (non-hydrogen) atoms. The Morgan fingerprint density at radius 1 is 1.41 bits per heavy atom. The van der Waals surface area contributed by atoms with E-state index in [1.54, 1.807) is 12.1 Å². The van der Waals surface area contributed by atoms with Crippen molar-refractivity contribution in [3.8, 4) is 0 Å². The van der Waals surface area contributed by atoms with Gasteiger partial charge >= 0.3 is 0 Å². The maximum atomic E-state index is 13.2. The van der Waals surface area contributed by atoms with Crippen molar-refractivity contribution in [3.63, 3.8) is 0 Å². The van der Waals surface area contributed by atoms with E-state index in [4.69, 9.17) is 0 Å². The fourth-order valence-corrected chi connectivity index (χ4v) is 2.88. The molecule has 1 aromatic carbocycles. The number of nitrogens with one attached hydrogen (secondary N) is 1. The molecule has 1 aromatic rings. The zero-order valence-corrected chi connectivity index (χ0v) is 14.0. The molecule has 1 amide bonds. The highest BCUT2D eigenvalue weighted by molar-refractivity contribution is 5.85. The van der Waals surface area contributed by atoms with Crippen LogP contribution in [0.25, 0.3) is 0 Å². The van der Waals surface area contributed by atoms with Gasteiger partial charge in [-0.3, -0.25) is 4.79 Å². The number of halogens is 2. The molecule has 0 saturated carbocycles. The number of piperidine rings is 1. The number of carbonyl (C=O) groups excluding carboxylic acids is 1. The lowest BCUT2D eigenvalue weighted by Gasteiger charge is -2.29. The van der Waals surface area contributed by atoms with E-state index in [1.807, 2.05) is 11.0 Å². The van der Waals surface area contributed by atoms with Crippen molar-refractivity contribution in [2.45, 2.75) is 32.6 Å². The standard InChI is InChI=1S/C17H25FN2O.ClH/c1-2-10-20(17(21)15-6-4-9-19-13-15)11-8-14-5-3-7-16(18)12-14;/h3,5,7,12,15,19H,2,4,6,8-11,13H2,1H3;1H. The minimum atomic E-state index is -0.211. The molecule has 1 atom stereocenters. The summed E-state index contributed by atoms with van der Waals surface area (Å²) in [5.41, 5.74) is 0.950. The molecule has 1 aliphatic heterocycles. The highest BCUT2D eigenvalue weighted by Crippen LogP contribution is 2.15. The van der Waals surface area contributed by atoms with Crippen molar-refractivity contribution in [3.05, 3.63) is 35.6 Å². The zero-order valence-electron chi connectivity index (χ0n) is 13.2. The van der Waals surface area contributed by atoms with Crippen LogP contribution in [0.2, 0.25) is 0 Å². The Morgan fingerprint density at radius 2 is 2.23 bits per heavy atom. The number of rotatable bonds is 6. The summed E-state index contributed by atoms with van der Waals surface area (Å²) in [6.07, 6.45) is 3.71. The topological polar surface area (TPSA) is 32.3 Å². The largest absolute Gasteiger partial charge is 0.342 e. The molecule has 1 aliphatic rings. The first-order valence-electron chi connectivity index (χ1n) is 7.94. The number of hydrogen-bond acceptors (Lipinski definition) is 2. The summed E-state index contributed by atoms with van der Waals surface area (Å²) in [5.74, 6) is 0.149. The molecule has 1 fully saturated rings. The molecule has 1 heterocycles. The van der Waals surface area contributed by atoms with E-state index < -0.39 is 0 Å². The van der Waals surface area contributed by atoms with Gasteiger partial charge in [0.1, 0.15) is 5.82 Å². The van der Waals surface area contributed by atoms with Gasteiger partial charge in [-0.25, -0.2) is 4.39 Å². The highest BCUT2D eigenvalue weighted by atomic mass is 35.5. The third-order valence-corrected chi connectivity index (χ3v) is 4.01. The Labute approximate surface area is 138 Å². The first-order valence-corrected chi connectivity index (χ1v) is 7.94. The lowest BCUT2D eigenvalue weighted by atomic mass is 9.97. The van der Waals surface area contributed by atoms with Gasteiger partial charge in [0.2, 0.25) is 5.91 Å². The maximum Gasteiger partial charge on any atom is 0.226 e. The summed E-state index contributed by atoms with van der Waals surface area (Å²) in [7, 11) is 0. The van der Waals surface area contributed by atoms with E-state index in [2.05, 4.69) is 12.2 Å². The van der Waals surface area contributed by atoms with Crippen molar-refractivity contribution in [1.29, 1.82) is 0 Å². The second kappa shape index (κ2) is 9.80. The molecule has 3 nitrogen and oxygen atoms in total. The van der Waals surface area contributed by atoms with E-state index in [0.717, 1.165) is 44.5 Å². The molecule has 0 bridgehead atoms. The van der Waals surface area contributed by atoms with Gasteiger partial charge in [-0.1, -0.05) is 19.1 Å². The van der Waals surface area contributed by atoms with Crippen molar-refractivity contribution >= 4 is 18.3 Å². The average Bonchev–Trinajstić information content (AvgIpc) is 2.52. The highest BCUT2D eigenvalue weighted by Gasteiger charge is 2.25. The van der Waals surface area contributed by atoms with Gasteiger partial charge in [-0.05, 0) is 49.9 Å². The van der Waals surface area contributed by atoms with E-state index >= 15 is 0 Å². The third kappa shape index (κ3) is 5.58. The molecule has 0 aliphatic carbocycles. The number of carbonyl (C=O) groups is 1. The monoisotopic (exact) mass is 328 g/mol. The first-order chi connectivity index (χ1) is 10.2. The van der Waals surface area contributed by atoms with E-state index in [0.29, 0.717) is 13.0 Å². The number of hydrogen-bond donors (Lipinski definition) is 1. The summed E-state index contributed by atoms with van der Waals surface area (Å²) in [5, 5.41) is 3.30. The van der Waals surface area contributed by atoms with Crippen LogP contribution in [0.3, 0.4) is 0 Å². The minimum absolute atomic E-state index is 0. The lowest BCUT2D eigenvalue weighted by molar-refractivity contribution is -0.136. The molecule has 0 radical (unpaired) electrons. The van der Waals surface area contributed by atoms with Gasteiger partial charge < -0.3 is 10.2 Å². The third-order valence-electron chi connectivity index (χ3n) is 4.01. The number of benzene rings is 1. The summed E-state index contributed by atoms with van der Waals surface area (Å²) in [6.45, 7) is 5.35. The van der Waals surface area contributed by atoms with Crippen LogP contribution in [0, 0.1) is 11.7 Å². The maximum absolute atomic E-state index is 13.2. The van der Waals surface area contributed by atoms with Gasteiger partial charge in [0, 0.05) is 19.6 Å². The predicted octanol–water partition coefficient (Wildman–Crippen LogP) is 3.03. The van der Waals surface area contributed by atoms with E-state index in [-0.39, 0.29) is 30.0 Å². The first kappa shape index (κ1) is 18.9. The summed E-state index contributed by atoms with van der Waals surface area (Å²) < 4.78 is 13.2. The molecule has 1 N–H and O–H groups in total. The van der Waals surface area contributed by atoms with Crippen LogP contribution in [0.4, 0.5) is 4.39 Å². The van der Waals surface area contributed by atoms with Crippen molar-refractivity contribution in [1.82, 2.24) is 10.2 Å². The molecule has 1 saturated heterocycles. The Hall–Kier alpha value is -1.13. The quantitative estimate of drug-likeness (QED) is 0.870. The molecule has 0 spiro atoms. The van der Waals surface area contributed by atoms with Crippen molar-refractivity contribution in [2.75, 3.05) is 26.2 Å². The van der Waals surface area contributed by atoms with Crippen LogP contribution < -0.4 is 5.32 Å². The number of amides is 1. The predicted molar refractivity (Wildman–Crippen MR) is 89.8 cm³/mol. The van der Waals surface area contributed by atoms with Crippen molar-refractivity contribution < 1.29 is 9.18 Å². The smallest absolute Gasteiger partial charge is 0.226 e. The Balaban J connectivity index is 0.00000242. The Bertz CT molecular complexity index is 464. The van der Waals surface area contributed by atoms with E-state index in [1.165, 1.54) is 6.07 Å². The zero-order chi connectivity index (χ0) is 15.1. The normalized spacial score (nSPS) is 17.6. The summed E-state index contributed by atoms with van der Waals surface area (Å²) in [4.78, 5) is 14.5.